The molecule has 0 aliphatic carbocycles. The van der Waals surface area contributed by atoms with Crippen molar-refractivity contribution >= 4 is 28.5 Å². The maximum atomic E-state index is 13.1. The van der Waals surface area contributed by atoms with Crippen molar-refractivity contribution < 1.29 is 14.3 Å². The van der Waals surface area contributed by atoms with Crippen molar-refractivity contribution in [1.82, 2.24) is 9.88 Å². The lowest BCUT2D eigenvalue weighted by atomic mass is 9.96. The molecular weight excluding hydrogens is 452 g/mol. The summed E-state index contributed by atoms with van der Waals surface area (Å²) < 4.78 is 12.6. The van der Waals surface area contributed by atoms with Gasteiger partial charge >= 0.3 is 6.09 Å². The van der Waals surface area contributed by atoms with Crippen LogP contribution >= 0.6 is 11.6 Å². The van der Waals surface area contributed by atoms with Crippen LogP contribution in [0.25, 0.3) is 21.9 Å². The average Bonchev–Trinajstić information content (AvgIpc) is 2.80. The van der Waals surface area contributed by atoms with Gasteiger partial charge in [0, 0.05) is 34.8 Å². The van der Waals surface area contributed by atoms with E-state index in [1.165, 1.54) is 0 Å². The van der Waals surface area contributed by atoms with Crippen LogP contribution in [-0.4, -0.2) is 16.8 Å². The van der Waals surface area contributed by atoms with E-state index >= 15 is 0 Å². The molecule has 4 rings (SSSR count). The van der Waals surface area contributed by atoms with E-state index in [-0.39, 0.29) is 18.2 Å². The van der Waals surface area contributed by atoms with Gasteiger partial charge in [0.25, 0.3) is 5.56 Å². The van der Waals surface area contributed by atoms with Gasteiger partial charge in [-0.2, -0.15) is 0 Å². The molecule has 6 nitrogen and oxygen atoms in total. The molecule has 0 atom stereocenters. The van der Waals surface area contributed by atoms with E-state index in [1.54, 1.807) is 54.1 Å². The fraction of sp³-hybridized carbons (Fsp3) is 0.185. The van der Waals surface area contributed by atoms with Gasteiger partial charge in [-0.3, -0.25) is 4.79 Å². The number of nitrogens with one attached hydrogen (secondary N) is 1. The highest BCUT2D eigenvalue weighted by Gasteiger charge is 2.18. The Hall–Kier alpha value is -3.77. The maximum Gasteiger partial charge on any atom is 0.412 e. The molecule has 1 amide bonds. The molecule has 1 heterocycles. The summed E-state index contributed by atoms with van der Waals surface area (Å²) >= 11 is 6.28. The summed E-state index contributed by atoms with van der Waals surface area (Å²) in [6.45, 7) is 3.93. The Morgan fingerprint density at radius 1 is 0.971 bits per heavy atom. The second kappa shape index (κ2) is 10.0. The largest absolute Gasteiger partial charge is 0.491 e. The van der Waals surface area contributed by atoms with E-state index in [9.17, 15) is 9.59 Å². The van der Waals surface area contributed by atoms with Gasteiger partial charge in [0.2, 0.25) is 0 Å². The summed E-state index contributed by atoms with van der Waals surface area (Å²) in [6.07, 6.45) is -0.637. The van der Waals surface area contributed by atoms with Gasteiger partial charge in [-0.25, -0.2) is 4.79 Å². The lowest BCUT2D eigenvalue weighted by molar-refractivity contribution is 0.199. The highest BCUT2D eigenvalue weighted by molar-refractivity contribution is 6.31. The van der Waals surface area contributed by atoms with Crippen LogP contribution in [0.15, 0.2) is 77.6 Å². The summed E-state index contributed by atoms with van der Waals surface area (Å²) in [5.74, 6) is 0.971. The van der Waals surface area contributed by atoms with Crippen LogP contribution in [0.5, 0.6) is 11.5 Å². The average molecular weight is 477 g/mol. The number of hydrogen-bond donors (Lipinski definition) is 1. The van der Waals surface area contributed by atoms with Gasteiger partial charge in [-0.05, 0) is 55.1 Å². The number of carbonyl (C=O) groups excluding carboxylic acids is 1. The summed E-state index contributed by atoms with van der Waals surface area (Å²) in [7, 11) is 1.69. The molecule has 174 valence electrons. The van der Waals surface area contributed by atoms with E-state index in [0.29, 0.717) is 27.6 Å². The van der Waals surface area contributed by atoms with Crippen molar-refractivity contribution in [3.05, 3.63) is 93.9 Å². The molecule has 0 radical (unpaired) electrons. The zero-order chi connectivity index (χ0) is 24.2. The van der Waals surface area contributed by atoms with Gasteiger partial charge in [0.15, 0.2) is 0 Å². The van der Waals surface area contributed by atoms with Gasteiger partial charge < -0.3 is 19.4 Å². The second-order valence-corrected chi connectivity index (χ2v) is 8.56. The van der Waals surface area contributed by atoms with E-state index in [0.717, 1.165) is 16.5 Å². The van der Waals surface area contributed by atoms with Crippen LogP contribution in [0.3, 0.4) is 0 Å². The molecule has 0 unspecified atom stereocenters. The SMILES string of the molecule is CC(C)Oc1cccc(OC(=O)NCc2c(-c3ccccc3)c3cc(Cl)ccc3c(=O)n2C)c1. The first kappa shape index (κ1) is 23.4. The Bertz CT molecular complexity index is 1400. The van der Waals surface area contributed by atoms with Crippen LogP contribution < -0.4 is 20.3 Å². The minimum atomic E-state index is -0.639. The molecule has 4 aromatic rings. The monoisotopic (exact) mass is 476 g/mol. The van der Waals surface area contributed by atoms with E-state index < -0.39 is 6.09 Å². The first-order valence-electron chi connectivity index (χ1n) is 10.9. The predicted molar refractivity (Wildman–Crippen MR) is 135 cm³/mol. The Labute approximate surface area is 202 Å². The molecule has 1 aromatic heterocycles. The molecule has 7 heteroatoms. The first-order chi connectivity index (χ1) is 16.3. The molecule has 1 N–H and O–H groups in total. The number of aromatic nitrogens is 1. The van der Waals surface area contributed by atoms with E-state index in [2.05, 4.69) is 5.32 Å². The maximum absolute atomic E-state index is 13.1. The standard InChI is InChI=1S/C27H25ClN2O4/c1-17(2)33-20-10-7-11-21(15-20)34-27(32)29-16-24-25(18-8-5-4-6-9-18)23-14-19(28)12-13-22(23)26(31)30(24)3/h4-15,17H,16H2,1-3H3,(H,29,32). The van der Waals surface area contributed by atoms with Crippen molar-refractivity contribution in [2.45, 2.75) is 26.5 Å². The molecule has 3 aromatic carbocycles. The lowest BCUT2D eigenvalue weighted by Gasteiger charge is -2.18. The van der Waals surface area contributed by atoms with Crippen molar-refractivity contribution in [3.63, 3.8) is 0 Å². The van der Waals surface area contributed by atoms with Gasteiger partial charge in [0.1, 0.15) is 11.5 Å². The first-order valence-corrected chi connectivity index (χ1v) is 11.3. The number of rotatable bonds is 6. The van der Waals surface area contributed by atoms with Gasteiger partial charge in [-0.1, -0.05) is 48.0 Å². The molecule has 0 fully saturated rings. The molecule has 0 saturated heterocycles. The molecule has 34 heavy (non-hydrogen) atoms. The minimum Gasteiger partial charge on any atom is -0.491 e. The zero-order valence-electron chi connectivity index (χ0n) is 19.2. The highest BCUT2D eigenvalue weighted by Crippen LogP contribution is 2.32. The molecule has 0 saturated carbocycles. The number of benzene rings is 3. The third kappa shape index (κ3) is 5.07. The van der Waals surface area contributed by atoms with Crippen LogP contribution in [0.4, 0.5) is 4.79 Å². The predicted octanol–water partition coefficient (Wildman–Crippen LogP) is 5.93. The van der Waals surface area contributed by atoms with Gasteiger partial charge in [-0.15, -0.1) is 0 Å². The third-order valence-electron chi connectivity index (χ3n) is 5.33. The smallest absolute Gasteiger partial charge is 0.412 e. The summed E-state index contributed by atoms with van der Waals surface area (Å²) in [5.41, 5.74) is 2.21. The Morgan fingerprint density at radius 3 is 2.44 bits per heavy atom. The Morgan fingerprint density at radius 2 is 1.71 bits per heavy atom. The van der Waals surface area contributed by atoms with Crippen LogP contribution in [0, 0.1) is 0 Å². The fourth-order valence-corrected chi connectivity index (χ4v) is 4.02. The molecule has 0 spiro atoms. The molecule has 0 aliphatic heterocycles. The van der Waals surface area contributed by atoms with Crippen molar-refractivity contribution in [2.75, 3.05) is 0 Å². The summed E-state index contributed by atoms with van der Waals surface area (Å²) in [5, 5.41) is 4.58. The minimum absolute atomic E-state index is 0.00294. The fourth-order valence-electron chi connectivity index (χ4n) is 3.85. The third-order valence-corrected chi connectivity index (χ3v) is 5.57. The van der Waals surface area contributed by atoms with Crippen molar-refractivity contribution in [1.29, 1.82) is 0 Å². The lowest BCUT2D eigenvalue weighted by Crippen LogP contribution is -2.31. The number of halogens is 1. The number of carbonyl (C=O) groups is 1. The molecule has 0 bridgehead atoms. The van der Waals surface area contributed by atoms with Crippen LogP contribution in [0.1, 0.15) is 19.5 Å². The summed E-state index contributed by atoms with van der Waals surface area (Å²) in [4.78, 5) is 25.7. The topological polar surface area (TPSA) is 69.6 Å². The van der Waals surface area contributed by atoms with Gasteiger partial charge in [0.05, 0.1) is 12.6 Å². The van der Waals surface area contributed by atoms with Crippen molar-refractivity contribution in [3.8, 4) is 22.6 Å². The number of ether oxygens (including phenoxy) is 2. The highest BCUT2D eigenvalue weighted by atomic mass is 35.5. The van der Waals surface area contributed by atoms with E-state index in [4.69, 9.17) is 21.1 Å². The number of pyridine rings is 1. The second-order valence-electron chi connectivity index (χ2n) is 8.13. The number of fused-ring (bicyclic) bond motifs is 1. The Kier molecular flexibility index (Phi) is 6.89. The number of nitrogens with zero attached hydrogens (tertiary/aromatic N) is 1. The van der Waals surface area contributed by atoms with Crippen LogP contribution in [-0.2, 0) is 13.6 Å². The molecular formula is C27H25ClN2O4. The quantitative estimate of drug-likeness (QED) is 0.374. The Balaban J connectivity index is 1.66. The molecule has 0 aliphatic rings. The zero-order valence-corrected chi connectivity index (χ0v) is 19.9. The number of hydrogen-bond acceptors (Lipinski definition) is 4. The normalized spacial score (nSPS) is 11.0. The van der Waals surface area contributed by atoms with Crippen molar-refractivity contribution in [2.24, 2.45) is 7.05 Å². The van der Waals surface area contributed by atoms with Crippen LogP contribution in [0.2, 0.25) is 5.02 Å². The van der Waals surface area contributed by atoms with E-state index in [1.807, 2.05) is 44.2 Å². The summed E-state index contributed by atoms with van der Waals surface area (Å²) in [6, 6.07) is 21.8. The number of amides is 1.